The SMILES string of the molecule is O=C(O)CCCC(=O)OCCOC(=O)CCCC(=O)O.O=C1CCCC(=O)O1.OCCO. The number of aliphatic carboxylic acids is 2. The van der Waals surface area contributed by atoms with Crippen molar-refractivity contribution in [3.8, 4) is 0 Å². The molecule has 0 amide bonds. The van der Waals surface area contributed by atoms with E-state index in [1.807, 2.05) is 0 Å². The largest absolute Gasteiger partial charge is 0.481 e. The number of esters is 4. The van der Waals surface area contributed by atoms with Crippen LogP contribution in [0.4, 0.5) is 0 Å². The smallest absolute Gasteiger partial charge is 0.313 e. The molecular formula is C19H30O13. The summed E-state index contributed by atoms with van der Waals surface area (Å²) in [6.07, 6.45) is 1.63. The highest BCUT2D eigenvalue weighted by Gasteiger charge is 2.16. The predicted molar refractivity (Wildman–Crippen MR) is 104 cm³/mol. The summed E-state index contributed by atoms with van der Waals surface area (Å²) >= 11 is 0. The molecule has 13 nitrogen and oxygen atoms in total. The Balaban J connectivity index is 0. The zero-order valence-electron chi connectivity index (χ0n) is 17.7. The first-order chi connectivity index (χ1) is 15.1. The number of carbonyl (C=O) groups is 6. The van der Waals surface area contributed by atoms with E-state index in [1.165, 1.54) is 0 Å². The summed E-state index contributed by atoms with van der Waals surface area (Å²) in [7, 11) is 0. The summed E-state index contributed by atoms with van der Waals surface area (Å²) in [4.78, 5) is 63.0. The van der Waals surface area contributed by atoms with Crippen molar-refractivity contribution in [2.75, 3.05) is 26.4 Å². The van der Waals surface area contributed by atoms with Crippen molar-refractivity contribution < 1.29 is 63.4 Å². The maximum absolute atomic E-state index is 11.1. The fourth-order valence-corrected chi connectivity index (χ4v) is 1.83. The number of aliphatic hydroxyl groups excluding tert-OH is 2. The van der Waals surface area contributed by atoms with Gasteiger partial charge in [-0.15, -0.1) is 0 Å². The van der Waals surface area contributed by atoms with Gasteiger partial charge in [0.1, 0.15) is 13.2 Å². The lowest BCUT2D eigenvalue weighted by atomic mass is 10.2. The summed E-state index contributed by atoms with van der Waals surface area (Å²) in [5.74, 6) is -3.83. The molecule has 0 aromatic carbocycles. The van der Waals surface area contributed by atoms with Gasteiger partial charge in [-0.2, -0.15) is 0 Å². The average Bonchev–Trinajstić information content (AvgIpc) is 2.71. The molecule has 184 valence electrons. The number of aliphatic hydroxyl groups is 2. The Kier molecular flexibility index (Phi) is 20.6. The van der Waals surface area contributed by atoms with Gasteiger partial charge in [0.15, 0.2) is 0 Å². The molecule has 1 heterocycles. The van der Waals surface area contributed by atoms with Gasteiger partial charge in [-0.3, -0.25) is 28.8 Å². The Labute approximate surface area is 184 Å². The summed E-state index contributed by atoms with van der Waals surface area (Å²) in [6, 6.07) is 0. The third-order valence-electron chi connectivity index (χ3n) is 3.24. The van der Waals surface area contributed by atoms with Crippen molar-refractivity contribution >= 4 is 35.8 Å². The van der Waals surface area contributed by atoms with Crippen LogP contribution in [-0.2, 0) is 43.0 Å². The maximum atomic E-state index is 11.1. The van der Waals surface area contributed by atoms with Crippen molar-refractivity contribution in [1.82, 2.24) is 0 Å². The molecule has 0 aliphatic carbocycles. The predicted octanol–water partition coefficient (Wildman–Crippen LogP) is -0.206. The van der Waals surface area contributed by atoms with E-state index >= 15 is 0 Å². The van der Waals surface area contributed by atoms with Crippen LogP contribution in [0.25, 0.3) is 0 Å². The Hall–Kier alpha value is -3.06. The third kappa shape index (κ3) is 25.0. The first kappa shape index (κ1) is 31.1. The quantitative estimate of drug-likeness (QED) is 0.127. The van der Waals surface area contributed by atoms with Gasteiger partial charge in [-0.25, -0.2) is 0 Å². The molecule has 1 aliphatic rings. The summed E-state index contributed by atoms with van der Waals surface area (Å²) in [6.45, 7) is -0.451. The molecule has 0 aromatic rings. The Bertz CT molecular complexity index is 550. The molecule has 4 N–H and O–H groups in total. The molecule has 0 atom stereocenters. The molecule has 0 bridgehead atoms. The lowest BCUT2D eigenvalue weighted by Gasteiger charge is -2.06. The van der Waals surface area contributed by atoms with Gasteiger partial charge in [-0.1, -0.05) is 0 Å². The van der Waals surface area contributed by atoms with E-state index in [1.54, 1.807) is 0 Å². The Morgan fingerprint density at radius 1 is 0.719 bits per heavy atom. The van der Waals surface area contributed by atoms with Gasteiger partial charge in [0.2, 0.25) is 0 Å². The number of rotatable bonds is 12. The molecule has 0 spiro atoms. The van der Waals surface area contributed by atoms with Gasteiger partial charge >= 0.3 is 35.8 Å². The van der Waals surface area contributed by atoms with Gasteiger partial charge in [0, 0.05) is 38.5 Å². The number of hydrogen-bond acceptors (Lipinski definition) is 11. The molecule has 0 aromatic heterocycles. The summed E-state index contributed by atoms with van der Waals surface area (Å²) in [5, 5.41) is 32.0. The highest BCUT2D eigenvalue weighted by atomic mass is 16.6. The number of cyclic esters (lactones) is 2. The van der Waals surface area contributed by atoms with Gasteiger partial charge in [0.25, 0.3) is 0 Å². The van der Waals surface area contributed by atoms with Gasteiger partial charge in [-0.05, 0) is 19.3 Å². The molecule has 13 heteroatoms. The van der Waals surface area contributed by atoms with E-state index in [0.29, 0.717) is 19.3 Å². The minimum absolute atomic E-state index is 0.00113. The zero-order chi connectivity index (χ0) is 24.8. The van der Waals surface area contributed by atoms with Crippen molar-refractivity contribution in [2.24, 2.45) is 0 Å². The van der Waals surface area contributed by atoms with Crippen LogP contribution in [0.5, 0.6) is 0 Å². The van der Waals surface area contributed by atoms with Gasteiger partial charge < -0.3 is 34.6 Å². The summed E-state index contributed by atoms with van der Waals surface area (Å²) < 4.78 is 13.6. The van der Waals surface area contributed by atoms with Crippen molar-refractivity contribution in [2.45, 2.75) is 57.8 Å². The van der Waals surface area contributed by atoms with E-state index in [0.717, 1.165) is 0 Å². The van der Waals surface area contributed by atoms with Crippen LogP contribution >= 0.6 is 0 Å². The van der Waals surface area contributed by atoms with Crippen LogP contribution in [0.15, 0.2) is 0 Å². The zero-order valence-corrected chi connectivity index (χ0v) is 17.7. The van der Waals surface area contributed by atoms with Crippen molar-refractivity contribution in [1.29, 1.82) is 0 Å². The lowest BCUT2D eigenvalue weighted by molar-refractivity contribution is -0.163. The van der Waals surface area contributed by atoms with E-state index in [9.17, 15) is 28.8 Å². The first-order valence-corrected chi connectivity index (χ1v) is 9.82. The van der Waals surface area contributed by atoms with Crippen LogP contribution < -0.4 is 0 Å². The topological polar surface area (TPSA) is 211 Å². The van der Waals surface area contributed by atoms with Gasteiger partial charge in [0.05, 0.1) is 13.2 Å². The second-order valence-corrected chi connectivity index (χ2v) is 6.08. The van der Waals surface area contributed by atoms with Crippen LogP contribution in [-0.4, -0.2) is 82.7 Å². The Morgan fingerprint density at radius 2 is 1.09 bits per heavy atom. The lowest BCUT2D eigenvalue weighted by Crippen LogP contribution is -2.17. The molecule has 1 fully saturated rings. The third-order valence-corrected chi connectivity index (χ3v) is 3.24. The fourth-order valence-electron chi connectivity index (χ4n) is 1.83. The van der Waals surface area contributed by atoms with Crippen molar-refractivity contribution in [3.63, 3.8) is 0 Å². The number of hydrogen-bond donors (Lipinski definition) is 4. The monoisotopic (exact) mass is 466 g/mol. The first-order valence-electron chi connectivity index (χ1n) is 9.82. The molecular weight excluding hydrogens is 436 g/mol. The molecule has 32 heavy (non-hydrogen) atoms. The maximum Gasteiger partial charge on any atom is 0.313 e. The second kappa shape index (κ2) is 21.2. The van der Waals surface area contributed by atoms with E-state index in [2.05, 4.69) is 4.74 Å². The number of ether oxygens (including phenoxy) is 3. The number of carboxylic acids is 2. The minimum Gasteiger partial charge on any atom is -0.481 e. The van der Waals surface area contributed by atoms with E-state index in [-0.39, 0.29) is 76.9 Å². The highest BCUT2D eigenvalue weighted by molar-refractivity contribution is 5.87. The minimum atomic E-state index is -0.979. The van der Waals surface area contributed by atoms with Crippen LogP contribution in [0.1, 0.15) is 57.8 Å². The molecule has 0 unspecified atom stereocenters. The number of carbonyl (C=O) groups excluding carboxylic acids is 4. The molecule has 1 aliphatic heterocycles. The molecule has 1 saturated heterocycles. The fraction of sp³-hybridized carbons (Fsp3) is 0.684. The average molecular weight is 466 g/mol. The normalized spacial score (nSPS) is 12.2. The standard InChI is InChI=1S/C12H18O8.C5H6O3.C2H6O2/c13-9(14)3-1-5-11(17)19-7-8-20-12(18)6-2-4-10(15)16;6-4-2-1-3-5(7)8-4;3-1-2-4/h1-8H2,(H,13,14)(H,15,16);1-3H2;3-4H,1-2H2. The van der Waals surface area contributed by atoms with E-state index < -0.39 is 23.9 Å². The molecule has 0 saturated carbocycles. The van der Waals surface area contributed by atoms with E-state index in [4.69, 9.17) is 29.9 Å². The van der Waals surface area contributed by atoms with Crippen molar-refractivity contribution in [3.05, 3.63) is 0 Å². The van der Waals surface area contributed by atoms with Crippen LogP contribution in [0.3, 0.4) is 0 Å². The summed E-state index contributed by atoms with van der Waals surface area (Å²) in [5.41, 5.74) is 0. The molecule has 1 rings (SSSR count). The number of carboxylic acid groups (broad SMARTS) is 2. The highest BCUT2D eigenvalue weighted by Crippen LogP contribution is 2.06. The Morgan fingerprint density at radius 3 is 1.34 bits per heavy atom. The van der Waals surface area contributed by atoms with Crippen LogP contribution in [0, 0.1) is 0 Å². The molecule has 0 radical (unpaired) electrons. The second-order valence-electron chi connectivity index (χ2n) is 6.08. The van der Waals surface area contributed by atoms with Crippen LogP contribution in [0.2, 0.25) is 0 Å².